The Bertz CT molecular complexity index is 1630. The van der Waals surface area contributed by atoms with Crippen molar-refractivity contribution >= 4 is 11.8 Å². The van der Waals surface area contributed by atoms with Crippen LogP contribution in [0.4, 0.5) is 0 Å². The molecule has 0 aromatic heterocycles. The molecule has 0 aromatic carbocycles. The van der Waals surface area contributed by atoms with Crippen LogP contribution in [0.2, 0.25) is 0 Å². The van der Waals surface area contributed by atoms with Crippen molar-refractivity contribution in [1.29, 1.82) is 0 Å². The van der Waals surface area contributed by atoms with Gasteiger partial charge in [-0.1, -0.05) is 46.3 Å². The highest BCUT2D eigenvalue weighted by atomic mass is 16.8. The van der Waals surface area contributed by atoms with Gasteiger partial charge in [0.1, 0.15) is 66.8 Å². The maximum absolute atomic E-state index is 13.0. The number of ketones is 1. The average Bonchev–Trinajstić information content (AvgIpc) is 3.56. The molecule has 4 heterocycles. The Balaban J connectivity index is 1.14. The van der Waals surface area contributed by atoms with Crippen LogP contribution in [0.5, 0.6) is 0 Å². The maximum Gasteiger partial charge on any atom is 0.335 e. The quantitative estimate of drug-likeness (QED) is 0.172. The number of aliphatic carboxylic acids is 1. The Hall–Kier alpha value is -1.68. The summed E-state index contributed by atoms with van der Waals surface area (Å²) in [5.41, 5.74) is 1.04. The largest absolute Gasteiger partial charge is 0.479 e. The summed E-state index contributed by atoms with van der Waals surface area (Å²) < 4.78 is 43.2. The second kappa shape index (κ2) is 17.6. The van der Waals surface area contributed by atoms with Gasteiger partial charge >= 0.3 is 5.97 Å². The van der Waals surface area contributed by atoms with Gasteiger partial charge in [-0.15, -0.1) is 0 Å². The molecule has 17 nitrogen and oxygen atoms in total. The molecule has 8 aliphatic rings. The van der Waals surface area contributed by atoms with Gasteiger partial charge in [0.25, 0.3) is 0 Å². The summed E-state index contributed by atoms with van der Waals surface area (Å²) in [6, 6.07) is 0. The first-order chi connectivity index (χ1) is 28.8. The molecule has 23 atom stereocenters. The number of carbonyl (C=O) groups excluding carboxylic acids is 1. The highest BCUT2D eigenvalue weighted by Crippen LogP contribution is 2.67. The van der Waals surface area contributed by atoms with E-state index in [1.165, 1.54) is 5.57 Å². The van der Waals surface area contributed by atoms with E-state index in [9.17, 15) is 50.4 Å². The van der Waals surface area contributed by atoms with Crippen LogP contribution < -0.4 is 0 Å². The van der Waals surface area contributed by atoms with Crippen molar-refractivity contribution in [3.8, 4) is 0 Å². The van der Waals surface area contributed by atoms with E-state index in [1.807, 2.05) is 0 Å². The van der Waals surface area contributed by atoms with E-state index in [-0.39, 0.29) is 41.1 Å². The zero-order valence-corrected chi connectivity index (χ0v) is 35.8. The van der Waals surface area contributed by atoms with Crippen LogP contribution >= 0.6 is 0 Å². The van der Waals surface area contributed by atoms with Crippen LogP contribution in [0.25, 0.3) is 0 Å². The second-order valence-corrected chi connectivity index (χ2v) is 20.5. The van der Waals surface area contributed by atoms with Crippen LogP contribution in [0.15, 0.2) is 11.6 Å². The fraction of sp³-hybridized carbons (Fsp3) is 0.909. The summed E-state index contributed by atoms with van der Waals surface area (Å²) in [5.74, 6) is 0.0451. The molecule has 8 N–H and O–H groups in total. The molecule has 0 amide bonds. The minimum absolute atomic E-state index is 0.0204. The van der Waals surface area contributed by atoms with Gasteiger partial charge in [-0.3, -0.25) is 4.79 Å². The van der Waals surface area contributed by atoms with Gasteiger partial charge in [0.15, 0.2) is 25.0 Å². The number of hydrogen-bond acceptors (Lipinski definition) is 16. The number of carboxylic acids is 1. The second-order valence-electron chi connectivity index (χ2n) is 20.5. The molecule has 0 aromatic rings. The molecular formula is C44H68O17. The number of rotatable bonds is 6. The Kier molecular flexibility index (Phi) is 13.2. The van der Waals surface area contributed by atoms with Gasteiger partial charge in [-0.25, -0.2) is 4.79 Å². The highest BCUT2D eigenvalue weighted by Gasteiger charge is 2.61. The fourth-order valence-electron chi connectivity index (χ4n) is 13.0. The maximum atomic E-state index is 13.0. The first-order valence-electron chi connectivity index (χ1n) is 22.5. The molecule has 346 valence electrons. The number of hydrogen-bond donors (Lipinski definition) is 8. The Morgan fingerprint density at radius 1 is 0.689 bits per heavy atom. The van der Waals surface area contributed by atoms with Crippen molar-refractivity contribution in [3.63, 3.8) is 0 Å². The molecule has 17 unspecified atom stereocenters. The van der Waals surface area contributed by atoms with Gasteiger partial charge in [-0.05, 0) is 91.3 Å². The summed E-state index contributed by atoms with van der Waals surface area (Å²) in [6.45, 7) is 10.4. The minimum atomic E-state index is -1.96. The monoisotopic (exact) mass is 868 g/mol. The lowest BCUT2D eigenvalue weighted by Crippen LogP contribution is -2.66. The summed E-state index contributed by atoms with van der Waals surface area (Å²) in [7, 11) is 0. The van der Waals surface area contributed by atoms with Crippen molar-refractivity contribution in [2.75, 3.05) is 13.2 Å². The lowest BCUT2D eigenvalue weighted by molar-refractivity contribution is -0.386. The van der Waals surface area contributed by atoms with Crippen LogP contribution in [0.3, 0.4) is 0 Å². The lowest BCUT2D eigenvalue weighted by Gasteiger charge is -2.60. The number of ether oxygens (including phenoxy) is 7. The molecule has 4 saturated heterocycles. The van der Waals surface area contributed by atoms with E-state index in [0.717, 1.165) is 25.7 Å². The summed E-state index contributed by atoms with van der Waals surface area (Å²) in [6.07, 6.45) is -15.5. The molecule has 3 saturated carbocycles. The molecule has 17 heteroatoms. The summed E-state index contributed by atoms with van der Waals surface area (Å²) in [4.78, 5) is 25.3. The average molecular weight is 869 g/mol. The smallest absolute Gasteiger partial charge is 0.335 e. The molecule has 4 aliphatic carbocycles. The normalized spacial score (nSPS) is 51.9. The van der Waals surface area contributed by atoms with Gasteiger partial charge < -0.3 is 74.0 Å². The van der Waals surface area contributed by atoms with Crippen LogP contribution in [-0.2, 0) is 42.7 Å². The molecule has 0 spiro atoms. The Morgan fingerprint density at radius 3 is 2.10 bits per heavy atom. The van der Waals surface area contributed by atoms with Crippen LogP contribution in [0.1, 0.15) is 92.4 Å². The molecular weight excluding hydrogens is 800 g/mol. The SMILES string of the molecule is CC(C)CC(=O)CC(C)C1CC[C@H]2C3=C[C@H]4OCC5OC(OC6C(OCC(O)C6O)OC6C(OC(C(=O)O)C(O)C6O)O[C@H]6CC[C@](C)(C3CC[C@]12C)[C@@H]4C6)C(O)C(O)C5O. The van der Waals surface area contributed by atoms with E-state index in [1.54, 1.807) is 0 Å². The van der Waals surface area contributed by atoms with Crippen molar-refractivity contribution < 1.29 is 83.6 Å². The zero-order chi connectivity index (χ0) is 43.9. The third-order valence-corrected chi connectivity index (χ3v) is 16.2. The number of carboxylic acid groups (broad SMARTS) is 1. The first-order valence-corrected chi connectivity index (χ1v) is 22.5. The number of carbonyl (C=O) groups is 2. The molecule has 61 heavy (non-hydrogen) atoms. The van der Waals surface area contributed by atoms with Gasteiger partial charge in [0, 0.05) is 12.8 Å². The minimum Gasteiger partial charge on any atom is -0.479 e. The van der Waals surface area contributed by atoms with E-state index in [4.69, 9.17) is 33.2 Å². The predicted molar refractivity (Wildman–Crippen MR) is 210 cm³/mol. The van der Waals surface area contributed by atoms with Crippen molar-refractivity contribution in [2.45, 2.75) is 191 Å². The van der Waals surface area contributed by atoms with Gasteiger partial charge in [-0.2, -0.15) is 0 Å². The van der Waals surface area contributed by atoms with E-state index >= 15 is 0 Å². The number of aliphatic hydroxyl groups excluding tert-OH is 7. The Morgan fingerprint density at radius 2 is 1.38 bits per heavy atom. The van der Waals surface area contributed by atoms with Gasteiger partial charge in [0.2, 0.25) is 0 Å². The van der Waals surface area contributed by atoms with Crippen molar-refractivity contribution in [2.24, 2.45) is 46.3 Å². The molecule has 0 radical (unpaired) electrons. The number of Topliss-reactive ketones (excluding diaryl/α,β-unsaturated/α-hetero) is 1. The highest BCUT2D eigenvalue weighted by molar-refractivity contribution is 5.78. The van der Waals surface area contributed by atoms with Crippen molar-refractivity contribution in [3.05, 3.63) is 11.6 Å². The topological polar surface area (TPSA) is 261 Å². The third kappa shape index (κ3) is 8.30. The van der Waals surface area contributed by atoms with E-state index < -0.39 is 111 Å². The fourth-order valence-corrected chi connectivity index (χ4v) is 13.0. The lowest BCUT2D eigenvalue weighted by atomic mass is 9.47. The Labute approximate surface area is 356 Å². The summed E-state index contributed by atoms with van der Waals surface area (Å²) >= 11 is 0. The van der Waals surface area contributed by atoms with E-state index in [2.05, 4.69) is 40.7 Å². The zero-order valence-electron chi connectivity index (χ0n) is 35.8. The number of allylic oxidation sites excluding steroid dienone is 1. The molecule has 4 aliphatic heterocycles. The number of aliphatic hydroxyl groups is 7. The summed E-state index contributed by atoms with van der Waals surface area (Å²) in [5, 5.41) is 87.4. The first kappa shape index (κ1) is 45.9. The molecule has 8 rings (SSSR count). The van der Waals surface area contributed by atoms with E-state index in [0.29, 0.717) is 49.7 Å². The van der Waals surface area contributed by atoms with Crippen LogP contribution in [-0.4, -0.2) is 164 Å². The standard InChI is InChI=1S/C44H68O17/c1-18(2)12-20(45)13-19(3)23-6-7-24-22-15-28-26-14-21(8-10-44(26,5)25(22)9-11-43(23,24)4)57-42-38(34(51)33(50)36(59-42)39(53)54)61-41-37(30(47)27(46)16-56-41)60-40-35(52)32(49)31(48)29(58-40)17-55-28/h15,18-19,21,23-38,40-42,46-52H,6-14,16-17H2,1-5H3,(H,53,54)/t19?,21-,23?,24-,25?,26+,27?,28+,29?,30?,31?,32?,33?,34?,35?,36?,37?,38?,40?,41?,42?,43+,44+/m0/s1. The number of fused-ring (bicyclic) bond motifs is 9. The molecule has 7 fully saturated rings. The third-order valence-electron chi connectivity index (χ3n) is 16.2. The predicted octanol–water partition coefficient (Wildman–Crippen LogP) is 0.788. The molecule has 4 bridgehead atoms. The van der Waals surface area contributed by atoms with Crippen LogP contribution in [0, 0.1) is 46.3 Å². The van der Waals surface area contributed by atoms with Crippen molar-refractivity contribution in [1.82, 2.24) is 0 Å². The van der Waals surface area contributed by atoms with Gasteiger partial charge in [0.05, 0.1) is 25.4 Å².